The van der Waals surface area contributed by atoms with Crippen molar-refractivity contribution in [2.75, 3.05) is 5.75 Å². The van der Waals surface area contributed by atoms with Gasteiger partial charge in [-0.05, 0) is 17.5 Å². The van der Waals surface area contributed by atoms with Crippen molar-refractivity contribution in [3.63, 3.8) is 0 Å². The molecule has 0 saturated heterocycles. The molecule has 0 atom stereocenters. The number of hydrogen-bond donors (Lipinski definition) is 1. The maximum Gasteiger partial charge on any atom is 0.313 e. The SMILES string of the molecule is CC(C)c1cc(SCC(=O)O)n(Cc2ccccc2)n1. The monoisotopic (exact) mass is 290 g/mol. The van der Waals surface area contributed by atoms with E-state index in [0.717, 1.165) is 16.3 Å². The minimum absolute atomic E-state index is 0.0536. The van der Waals surface area contributed by atoms with E-state index in [1.807, 2.05) is 41.1 Å². The van der Waals surface area contributed by atoms with E-state index >= 15 is 0 Å². The highest BCUT2D eigenvalue weighted by Gasteiger charge is 2.12. The molecule has 4 nitrogen and oxygen atoms in total. The molecule has 0 unspecified atom stereocenters. The summed E-state index contributed by atoms with van der Waals surface area (Å²) in [4.78, 5) is 10.7. The molecule has 0 saturated carbocycles. The van der Waals surface area contributed by atoms with Gasteiger partial charge in [0.25, 0.3) is 0 Å². The molecule has 0 spiro atoms. The first-order valence-electron chi connectivity index (χ1n) is 6.52. The lowest BCUT2D eigenvalue weighted by molar-refractivity contribution is -0.133. The summed E-state index contributed by atoms with van der Waals surface area (Å²) in [7, 11) is 0. The van der Waals surface area contributed by atoms with E-state index in [1.54, 1.807) is 0 Å². The van der Waals surface area contributed by atoms with Crippen LogP contribution in [0.2, 0.25) is 0 Å². The van der Waals surface area contributed by atoms with Crippen molar-refractivity contribution in [3.8, 4) is 0 Å². The van der Waals surface area contributed by atoms with Gasteiger partial charge in [0.15, 0.2) is 0 Å². The van der Waals surface area contributed by atoms with Crippen molar-refractivity contribution in [2.45, 2.75) is 31.3 Å². The molecule has 2 aromatic rings. The summed E-state index contributed by atoms with van der Waals surface area (Å²) >= 11 is 1.31. The van der Waals surface area contributed by atoms with Gasteiger partial charge in [0.05, 0.1) is 23.0 Å². The molecular weight excluding hydrogens is 272 g/mol. The molecule has 0 fully saturated rings. The summed E-state index contributed by atoms with van der Waals surface area (Å²) in [6.45, 7) is 4.83. The Morgan fingerprint density at radius 1 is 1.35 bits per heavy atom. The lowest BCUT2D eigenvalue weighted by Gasteiger charge is -2.06. The number of nitrogens with zero attached hydrogens (tertiary/aromatic N) is 2. The lowest BCUT2D eigenvalue weighted by Crippen LogP contribution is -2.05. The highest BCUT2D eigenvalue weighted by molar-refractivity contribution is 7.99. The van der Waals surface area contributed by atoms with Crippen LogP contribution in [-0.4, -0.2) is 26.6 Å². The largest absolute Gasteiger partial charge is 0.481 e. The number of carboxylic acids is 1. The predicted molar refractivity (Wildman–Crippen MR) is 80.2 cm³/mol. The van der Waals surface area contributed by atoms with Gasteiger partial charge in [0.2, 0.25) is 0 Å². The third-order valence-corrected chi connectivity index (χ3v) is 3.89. The third-order valence-electron chi connectivity index (χ3n) is 2.87. The highest BCUT2D eigenvalue weighted by atomic mass is 32.2. The van der Waals surface area contributed by atoms with Gasteiger partial charge in [-0.25, -0.2) is 0 Å². The second-order valence-electron chi connectivity index (χ2n) is 4.89. The predicted octanol–water partition coefficient (Wildman–Crippen LogP) is 3.23. The van der Waals surface area contributed by atoms with Crippen molar-refractivity contribution >= 4 is 17.7 Å². The zero-order chi connectivity index (χ0) is 14.5. The summed E-state index contributed by atoms with van der Waals surface area (Å²) in [6.07, 6.45) is 0. The number of aromatic nitrogens is 2. The normalized spacial score (nSPS) is 10.9. The lowest BCUT2D eigenvalue weighted by atomic mass is 10.1. The van der Waals surface area contributed by atoms with Crippen LogP contribution in [0.15, 0.2) is 41.4 Å². The van der Waals surface area contributed by atoms with E-state index in [-0.39, 0.29) is 5.75 Å². The van der Waals surface area contributed by atoms with E-state index in [0.29, 0.717) is 12.5 Å². The van der Waals surface area contributed by atoms with Crippen molar-refractivity contribution in [1.82, 2.24) is 9.78 Å². The van der Waals surface area contributed by atoms with Gasteiger partial charge in [0, 0.05) is 0 Å². The highest BCUT2D eigenvalue weighted by Crippen LogP contribution is 2.24. The minimum atomic E-state index is -0.812. The molecule has 0 aliphatic heterocycles. The number of thioether (sulfide) groups is 1. The molecule has 2 rings (SSSR count). The summed E-state index contributed by atoms with van der Waals surface area (Å²) in [5.74, 6) is -0.428. The zero-order valence-electron chi connectivity index (χ0n) is 11.6. The summed E-state index contributed by atoms with van der Waals surface area (Å²) in [6, 6.07) is 12.0. The average Bonchev–Trinajstić information content (AvgIpc) is 2.81. The van der Waals surface area contributed by atoms with Crippen LogP contribution < -0.4 is 0 Å². The molecule has 0 bridgehead atoms. The summed E-state index contributed by atoms with van der Waals surface area (Å²) < 4.78 is 1.89. The van der Waals surface area contributed by atoms with Gasteiger partial charge in [-0.15, -0.1) is 0 Å². The van der Waals surface area contributed by atoms with Crippen LogP contribution in [0.25, 0.3) is 0 Å². The van der Waals surface area contributed by atoms with Gasteiger partial charge in [-0.2, -0.15) is 5.10 Å². The topological polar surface area (TPSA) is 55.1 Å². The van der Waals surface area contributed by atoms with Gasteiger partial charge in [-0.3, -0.25) is 9.48 Å². The van der Waals surface area contributed by atoms with Gasteiger partial charge in [-0.1, -0.05) is 55.9 Å². The maximum atomic E-state index is 10.7. The van der Waals surface area contributed by atoms with Gasteiger partial charge in [0.1, 0.15) is 0 Å². The second-order valence-corrected chi connectivity index (χ2v) is 5.88. The number of benzene rings is 1. The molecule has 1 N–H and O–H groups in total. The van der Waals surface area contributed by atoms with Crippen LogP contribution in [0.5, 0.6) is 0 Å². The molecule has 106 valence electrons. The first-order valence-corrected chi connectivity index (χ1v) is 7.51. The number of carbonyl (C=O) groups is 1. The zero-order valence-corrected chi connectivity index (χ0v) is 12.4. The van der Waals surface area contributed by atoms with Crippen molar-refractivity contribution in [3.05, 3.63) is 47.7 Å². The van der Waals surface area contributed by atoms with Crippen LogP contribution in [0.1, 0.15) is 31.0 Å². The Labute approximate surface area is 122 Å². The number of carboxylic acid groups (broad SMARTS) is 1. The molecule has 0 aliphatic carbocycles. The number of aliphatic carboxylic acids is 1. The Balaban J connectivity index is 2.22. The number of rotatable bonds is 6. The Morgan fingerprint density at radius 3 is 2.65 bits per heavy atom. The fraction of sp³-hybridized carbons (Fsp3) is 0.333. The van der Waals surface area contributed by atoms with Crippen LogP contribution in [0, 0.1) is 0 Å². The van der Waals surface area contributed by atoms with Crippen molar-refractivity contribution < 1.29 is 9.90 Å². The Hall–Kier alpha value is -1.75. The van der Waals surface area contributed by atoms with Crippen molar-refractivity contribution in [2.24, 2.45) is 0 Å². The fourth-order valence-electron chi connectivity index (χ4n) is 1.82. The molecule has 20 heavy (non-hydrogen) atoms. The molecule has 0 radical (unpaired) electrons. The number of hydrogen-bond acceptors (Lipinski definition) is 3. The first-order chi connectivity index (χ1) is 9.56. The minimum Gasteiger partial charge on any atom is -0.481 e. The molecule has 0 amide bonds. The van der Waals surface area contributed by atoms with E-state index in [1.165, 1.54) is 11.8 Å². The molecule has 1 aromatic carbocycles. The quantitative estimate of drug-likeness (QED) is 0.830. The Morgan fingerprint density at radius 2 is 2.05 bits per heavy atom. The Bertz CT molecular complexity index is 579. The van der Waals surface area contributed by atoms with Gasteiger partial charge < -0.3 is 5.11 Å². The molecule has 1 heterocycles. The molecule has 1 aromatic heterocycles. The fourth-order valence-corrected chi connectivity index (χ4v) is 2.55. The third kappa shape index (κ3) is 3.87. The molecule has 0 aliphatic rings. The van der Waals surface area contributed by atoms with E-state index in [9.17, 15) is 4.79 Å². The first kappa shape index (κ1) is 14.7. The van der Waals surface area contributed by atoms with Crippen LogP contribution in [0.3, 0.4) is 0 Å². The Kier molecular flexibility index (Phi) is 4.84. The van der Waals surface area contributed by atoms with Crippen LogP contribution in [-0.2, 0) is 11.3 Å². The molecular formula is C15H18N2O2S. The van der Waals surface area contributed by atoms with Crippen molar-refractivity contribution in [1.29, 1.82) is 0 Å². The van der Waals surface area contributed by atoms with Crippen LogP contribution >= 0.6 is 11.8 Å². The van der Waals surface area contributed by atoms with Gasteiger partial charge >= 0.3 is 5.97 Å². The summed E-state index contributed by atoms with van der Waals surface area (Å²) in [5, 5.41) is 14.3. The van der Waals surface area contributed by atoms with E-state index < -0.39 is 5.97 Å². The molecule has 5 heteroatoms. The standard InChI is InChI=1S/C15H18N2O2S/c1-11(2)13-8-14(20-10-15(18)19)17(16-13)9-12-6-4-3-5-7-12/h3-8,11H,9-10H2,1-2H3,(H,18,19). The second kappa shape index (κ2) is 6.61. The maximum absolute atomic E-state index is 10.7. The van der Waals surface area contributed by atoms with E-state index in [2.05, 4.69) is 18.9 Å². The smallest absolute Gasteiger partial charge is 0.313 e. The summed E-state index contributed by atoms with van der Waals surface area (Å²) in [5.41, 5.74) is 2.15. The van der Waals surface area contributed by atoms with E-state index in [4.69, 9.17) is 5.11 Å². The average molecular weight is 290 g/mol. The van der Waals surface area contributed by atoms with Crippen LogP contribution in [0.4, 0.5) is 0 Å².